The number of hydrogen-bond acceptors (Lipinski definition) is 5. The lowest BCUT2D eigenvalue weighted by Gasteiger charge is -2.05. The van der Waals surface area contributed by atoms with Gasteiger partial charge >= 0.3 is 5.97 Å². The molecule has 0 aliphatic carbocycles. The van der Waals surface area contributed by atoms with Crippen LogP contribution in [0.25, 0.3) is 0 Å². The molecule has 108 valence electrons. The second kappa shape index (κ2) is 14.9. The van der Waals surface area contributed by atoms with Crippen molar-refractivity contribution < 1.29 is 23.7 Å². The summed E-state index contributed by atoms with van der Waals surface area (Å²) in [5.41, 5.74) is 0. The van der Waals surface area contributed by atoms with Crippen molar-refractivity contribution in [3.05, 3.63) is 0 Å². The second-order valence-corrected chi connectivity index (χ2v) is 4.27. The highest BCUT2D eigenvalue weighted by molar-refractivity contribution is 9.09. The molecule has 0 fully saturated rings. The van der Waals surface area contributed by atoms with E-state index in [0.717, 1.165) is 18.2 Å². The largest absolute Gasteiger partial charge is 0.464 e. The Kier molecular flexibility index (Phi) is 14.7. The van der Waals surface area contributed by atoms with Crippen LogP contribution in [0.3, 0.4) is 0 Å². The molecule has 6 heteroatoms. The van der Waals surface area contributed by atoms with Crippen molar-refractivity contribution in [2.24, 2.45) is 0 Å². The fourth-order valence-electron chi connectivity index (χ4n) is 1.14. The van der Waals surface area contributed by atoms with Gasteiger partial charge < -0.3 is 18.9 Å². The van der Waals surface area contributed by atoms with Gasteiger partial charge in [-0.15, -0.1) is 0 Å². The molecule has 0 N–H and O–H groups in total. The van der Waals surface area contributed by atoms with Gasteiger partial charge in [0.25, 0.3) is 0 Å². The smallest absolute Gasteiger partial charge is 0.332 e. The normalized spacial score (nSPS) is 10.6. The Balaban J connectivity index is 3.01. The van der Waals surface area contributed by atoms with Crippen molar-refractivity contribution in [1.29, 1.82) is 0 Å². The topological polar surface area (TPSA) is 54.0 Å². The van der Waals surface area contributed by atoms with E-state index in [-0.39, 0.29) is 12.6 Å². The second-order valence-electron chi connectivity index (χ2n) is 3.48. The average Bonchev–Trinajstić information content (AvgIpc) is 2.36. The molecule has 0 saturated carbocycles. The summed E-state index contributed by atoms with van der Waals surface area (Å²) >= 11 is 3.27. The van der Waals surface area contributed by atoms with E-state index in [9.17, 15) is 4.79 Å². The van der Waals surface area contributed by atoms with Gasteiger partial charge in [-0.2, -0.15) is 0 Å². The lowest BCUT2D eigenvalue weighted by Crippen LogP contribution is -2.13. The van der Waals surface area contributed by atoms with Gasteiger partial charge in [0.15, 0.2) is 0 Å². The Morgan fingerprint density at radius 2 is 1.56 bits per heavy atom. The molecule has 0 saturated heterocycles. The molecule has 0 aromatic carbocycles. The van der Waals surface area contributed by atoms with Crippen LogP contribution in [0.2, 0.25) is 0 Å². The molecule has 0 atom stereocenters. The Hall–Kier alpha value is -0.170. The molecule has 0 bridgehead atoms. The monoisotopic (exact) mass is 326 g/mol. The highest BCUT2D eigenvalue weighted by atomic mass is 79.9. The van der Waals surface area contributed by atoms with Gasteiger partial charge in [0.05, 0.1) is 26.4 Å². The number of halogens is 1. The Labute approximate surface area is 117 Å². The van der Waals surface area contributed by atoms with Crippen molar-refractivity contribution in [2.75, 3.05) is 51.6 Å². The van der Waals surface area contributed by atoms with E-state index >= 15 is 0 Å². The maximum absolute atomic E-state index is 10.9. The zero-order valence-corrected chi connectivity index (χ0v) is 12.6. The molecule has 0 rings (SSSR count). The predicted molar refractivity (Wildman–Crippen MR) is 72.1 cm³/mol. The minimum Gasteiger partial charge on any atom is -0.464 e. The third-order valence-electron chi connectivity index (χ3n) is 1.95. The Morgan fingerprint density at radius 1 is 0.944 bits per heavy atom. The van der Waals surface area contributed by atoms with Crippen molar-refractivity contribution in [3.63, 3.8) is 0 Å². The first-order valence-corrected chi connectivity index (χ1v) is 7.38. The predicted octanol–water partition coefficient (Wildman–Crippen LogP) is 1.77. The van der Waals surface area contributed by atoms with Gasteiger partial charge in [0, 0.05) is 18.5 Å². The minimum atomic E-state index is -0.308. The average molecular weight is 327 g/mol. The molecule has 0 aliphatic heterocycles. The van der Waals surface area contributed by atoms with Crippen LogP contribution < -0.4 is 0 Å². The summed E-state index contributed by atoms with van der Waals surface area (Å²) in [5, 5.41) is 0.852. The summed E-state index contributed by atoms with van der Waals surface area (Å²) < 4.78 is 20.5. The summed E-state index contributed by atoms with van der Waals surface area (Å²) in [6, 6.07) is 0. The van der Waals surface area contributed by atoms with Crippen molar-refractivity contribution in [1.82, 2.24) is 0 Å². The fourth-order valence-corrected chi connectivity index (χ4v) is 1.37. The summed E-state index contributed by atoms with van der Waals surface area (Å²) in [7, 11) is 0. The summed E-state index contributed by atoms with van der Waals surface area (Å²) in [6.07, 6.45) is 1.79. The number of rotatable bonds is 13. The highest BCUT2D eigenvalue weighted by Gasteiger charge is 2.00. The first-order chi connectivity index (χ1) is 8.81. The van der Waals surface area contributed by atoms with Crippen LogP contribution in [-0.4, -0.2) is 57.5 Å². The molecular formula is C12H23BrO5. The van der Waals surface area contributed by atoms with Crippen molar-refractivity contribution >= 4 is 21.9 Å². The summed E-state index contributed by atoms with van der Waals surface area (Å²) in [6.45, 7) is 5.43. The van der Waals surface area contributed by atoms with Crippen LogP contribution in [0.5, 0.6) is 0 Å². The lowest BCUT2D eigenvalue weighted by atomic mass is 10.3. The zero-order chi connectivity index (χ0) is 13.5. The van der Waals surface area contributed by atoms with E-state index < -0.39 is 0 Å². The molecule has 0 radical (unpaired) electrons. The number of hydrogen-bond donors (Lipinski definition) is 0. The van der Waals surface area contributed by atoms with E-state index in [1.807, 2.05) is 0 Å². The number of unbranched alkanes of at least 4 members (excludes halogenated alkanes) is 1. The van der Waals surface area contributed by atoms with Crippen molar-refractivity contribution in [3.8, 4) is 0 Å². The van der Waals surface area contributed by atoms with Gasteiger partial charge in [0.2, 0.25) is 0 Å². The number of carbonyl (C=O) groups is 1. The van der Waals surface area contributed by atoms with Gasteiger partial charge in [-0.1, -0.05) is 15.9 Å². The SMILES string of the molecule is CCOC(=O)COCCCCOCCOCCBr. The van der Waals surface area contributed by atoms with Crippen LogP contribution in [-0.2, 0) is 23.7 Å². The summed E-state index contributed by atoms with van der Waals surface area (Å²) in [4.78, 5) is 10.9. The van der Waals surface area contributed by atoms with Crippen LogP contribution in [0.1, 0.15) is 19.8 Å². The molecule has 0 spiro atoms. The van der Waals surface area contributed by atoms with Gasteiger partial charge in [0.1, 0.15) is 6.61 Å². The maximum Gasteiger partial charge on any atom is 0.332 e. The first kappa shape index (κ1) is 17.8. The van der Waals surface area contributed by atoms with E-state index in [1.165, 1.54) is 0 Å². The standard InChI is InChI=1S/C12H23BrO5/c1-2-18-12(14)11-17-7-4-3-6-15-9-10-16-8-5-13/h2-11H2,1H3. The Bertz CT molecular complexity index is 189. The highest BCUT2D eigenvalue weighted by Crippen LogP contribution is 1.92. The van der Waals surface area contributed by atoms with Crippen LogP contribution >= 0.6 is 15.9 Å². The van der Waals surface area contributed by atoms with E-state index in [4.69, 9.17) is 18.9 Å². The number of ether oxygens (including phenoxy) is 4. The molecule has 0 aliphatic rings. The van der Waals surface area contributed by atoms with Crippen LogP contribution in [0.15, 0.2) is 0 Å². The van der Waals surface area contributed by atoms with E-state index in [0.29, 0.717) is 39.6 Å². The molecule has 0 aromatic heterocycles. The molecule has 0 aromatic rings. The van der Waals surface area contributed by atoms with E-state index in [2.05, 4.69) is 15.9 Å². The Morgan fingerprint density at radius 3 is 2.17 bits per heavy atom. The molecule has 0 amide bonds. The van der Waals surface area contributed by atoms with Gasteiger partial charge in [-0.05, 0) is 19.8 Å². The minimum absolute atomic E-state index is 0.0368. The van der Waals surface area contributed by atoms with Crippen molar-refractivity contribution in [2.45, 2.75) is 19.8 Å². The van der Waals surface area contributed by atoms with E-state index in [1.54, 1.807) is 6.92 Å². The molecule has 5 nitrogen and oxygen atoms in total. The number of esters is 1. The third kappa shape index (κ3) is 13.9. The molecule has 0 heterocycles. The maximum atomic E-state index is 10.9. The molecule has 0 unspecified atom stereocenters. The van der Waals surface area contributed by atoms with Crippen LogP contribution in [0.4, 0.5) is 0 Å². The first-order valence-electron chi connectivity index (χ1n) is 6.26. The zero-order valence-electron chi connectivity index (χ0n) is 11.0. The van der Waals surface area contributed by atoms with Gasteiger partial charge in [-0.3, -0.25) is 0 Å². The quantitative estimate of drug-likeness (QED) is 0.293. The van der Waals surface area contributed by atoms with Crippen LogP contribution in [0, 0.1) is 0 Å². The summed E-state index contributed by atoms with van der Waals surface area (Å²) in [5.74, 6) is -0.308. The molecular weight excluding hydrogens is 304 g/mol. The third-order valence-corrected chi connectivity index (χ3v) is 2.27. The number of alkyl halides is 1. The molecule has 18 heavy (non-hydrogen) atoms. The fraction of sp³-hybridized carbons (Fsp3) is 0.917. The number of carbonyl (C=O) groups excluding carboxylic acids is 1. The van der Waals surface area contributed by atoms with Gasteiger partial charge in [-0.25, -0.2) is 4.79 Å². The lowest BCUT2D eigenvalue weighted by molar-refractivity contribution is -0.148.